The first kappa shape index (κ1) is 14.8. The van der Waals surface area contributed by atoms with Gasteiger partial charge < -0.3 is 15.0 Å². The van der Waals surface area contributed by atoms with Gasteiger partial charge in [0.2, 0.25) is 0 Å². The number of nitro benzene ring substituents is 1. The molecule has 118 valence electrons. The second kappa shape index (κ2) is 5.92. The molecule has 0 aromatic heterocycles. The molecule has 2 aliphatic rings. The highest BCUT2D eigenvalue weighted by molar-refractivity contribution is 5.96. The molecule has 1 unspecified atom stereocenters. The standard InChI is InChI=1S/C15H19N3O4/c1-10-9-17(6-7-22-10)13-5-2-11(8-14(13)18(20)21)15(19)16-12-3-4-12/h2,5,8,10,12H,3-4,6-7,9H2,1H3,(H,16,19). The van der Waals surface area contributed by atoms with Gasteiger partial charge in [0.15, 0.2) is 0 Å². The van der Waals surface area contributed by atoms with Crippen LogP contribution in [0.4, 0.5) is 11.4 Å². The largest absolute Gasteiger partial charge is 0.375 e. The van der Waals surface area contributed by atoms with Crippen molar-refractivity contribution in [3.63, 3.8) is 0 Å². The summed E-state index contributed by atoms with van der Waals surface area (Å²) in [5.74, 6) is -0.243. The van der Waals surface area contributed by atoms with Crippen LogP contribution >= 0.6 is 0 Å². The minimum atomic E-state index is -0.427. The second-order valence-electron chi connectivity index (χ2n) is 5.84. The van der Waals surface area contributed by atoms with Crippen LogP contribution in [0.2, 0.25) is 0 Å². The maximum Gasteiger partial charge on any atom is 0.293 e. The lowest BCUT2D eigenvalue weighted by molar-refractivity contribution is -0.384. The summed E-state index contributed by atoms with van der Waals surface area (Å²) in [7, 11) is 0. The smallest absolute Gasteiger partial charge is 0.293 e. The number of hydrogen-bond acceptors (Lipinski definition) is 5. The van der Waals surface area contributed by atoms with Gasteiger partial charge in [0, 0.05) is 30.8 Å². The van der Waals surface area contributed by atoms with E-state index >= 15 is 0 Å². The van der Waals surface area contributed by atoms with E-state index in [1.54, 1.807) is 12.1 Å². The molecule has 1 heterocycles. The molecule has 2 fully saturated rings. The lowest BCUT2D eigenvalue weighted by Crippen LogP contribution is -2.41. The fraction of sp³-hybridized carbons (Fsp3) is 0.533. The number of nitrogens with one attached hydrogen (secondary N) is 1. The van der Waals surface area contributed by atoms with Gasteiger partial charge in [-0.3, -0.25) is 14.9 Å². The van der Waals surface area contributed by atoms with Gasteiger partial charge in [0.05, 0.1) is 17.6 Å². The van der Waals surface area contributed by atoms with Crippen LogP contribution in [0.25, 0.3) is 0 Å². The Morgan fingerprint density at radius 2 is 2.23 bits per heavy atom. The van der Waals surface area contributed by atoms with Crippen molar-refractivity contribution >= 4 is 17.3 Å². The first-order valence-electron chi connectivity index (χ1n) is 7.50. The average Bonchev–Trinajstić information content (AvgIpc) is 3.30. The van der Waals surface area contributed by atoms with Crippen molar-refractivity contribution in [1.29, 1.82) is 0 Å². The van der Waals surface area contributed by atoms with Gasteiger partial charge in [-0.15, -0.1) is 0 Å². The monoisotopic (exact) mass is 305 g/mol. The molecule has 1 N–H and O–H groups in total. The topological polar surface area (TPSA) is 84.7 Å². The molecule has 0 radical (unpaired) electrons. The molecule has 1 aromatic rings. The van der Waals surface area contributed by atoms with Gasteiger partial charge in [-0.2, -0.15) is 0 Å². The van der Waals surface area contributed by atoms with Crippen molar-refractivity contribution in [1.82, 2.24) is 5.32 Å². The van der Waals surface area contributed by atoms with Gasteiger partial charge in [0.1, 0.15) is 5.69 Å². The SMILES string of the molecule is CC1CN(c2ccc(C(=O)NC3CC3)cc2[N+](=O)[O-])CCO1. The number of benzene rings is 1. The normalized spacial score (nSPS) is 21.5. The number of morpholine rings is 1. The lowest BCUT2D eigenvalue weighted by Gasteiger charge is -2.32. The third kappa shape index (κ3) is 3.19. The van der Waals surface area contributed by atoms with Crippen LogP contribution in [0, 0.1) is 10.1 Å². The Morgan fingerprint density at radius 3 is 2.86 bits per heavy atom. The van der Waals surface area contributed by atoms with E-state index in [2.05, 4.69) is 5.32 Å². The molecule has 3 rings (SSSR count). The van der Waals surface area contributed by atoms with E-state index in [1.807, 2.05) is 11.8 Å². The number of hydrogen-bond donors (Lipinski definition) is 1. The maximum absolute atomic E-state index is 12.0. The summed E-state index contributed by atoms with van der Waals surface area (Å²) in [6, 6.07) is 4.91. The number of amides is 1. The number of nitro groups is 1. The summed E-state index contributed by atoms with van der Waals surface area (Å²) in [5.41, 5.74) is 0.851. The molecular weight excluding hydrogens is 286 g/mol. The molecule has 1 atom stereocenters. The van der Waals surface area contributed by atoms with Gasteiger partial charge in [-0.25, -0.2) is 0 Å². The molecule has 1 aliphatic heterocycles. The fourth-order valence-electron chi connectivity index (χ4n) is 2.61. The number of carbonyl (C=O) groups is 1. The first-order valence-corrected chi connectivity index (χ1v) is 7.50. The molecule has 0 bridgehead atoms. The molecule has 1 aromatic carbocycles. The Kier molecular flexibility index (Phi) is 3.98. The van der Waals surface area contributed by atoms with Crippen LogP contribution in [0.5, 0.6) is 0 Å². The first-order chi connectivity index (χ1) is 10.5. The zero-order chi connectivity index (χ0) is 15.7. The second-order valence-corrected chi connectivity index (χ2v) is 5.84. The van der Waals surface area contributed by atoms with E-state index in [-0.39, 0.29) is 23.7 Å². The van der Waals surface area contributed by atoms with Crippen LogP contribution in [-0.2, 0) is 4.74 Å². The highest BCUT2D eigenvalue weighted by atomic mass is 16.6. The van der Waals surface area contributed by atoms with E-state index < -0.39 is 4.92 Å². The quantitative estimate of drug-likeness (QED) is 0.676. The van der Waals surface area contributed by atoms with Crippen LogP contribution in [0.1, 0.15) is 30.1 Å². The molecule has 7 heteroatoms. The zero-order valence-electron chi connectivity index (χ0n) is 12.4. The van der Waals surface area contributed by atoms with Crippen LogP contribution in [0.3, 0.4) is 0 Å². The van der Waals surface area contributed by atoms with Crippen LogP contribution < -0.4 is 10.2 Å². The highest BCUT2D eigenvalue weighted by Gasteiger charge is 2.27. The van der Waals surface area contributed by atoms with Crippen molar-refractivity contribution in [3.8, 4) is 0 Å². The highest BCUT2D eigenvalue weighted by Crippen LogP contribution is 2.31. The van der Waals surface area contributed by atoms with Crippen LogP contribution in [-0.4, -0.2) is 42.7 Å². The number of anilines is 1. The molecular formula is C15H19N3O4. The summed E-state index contributed by atoms with van der Waals surface area (Å²) >= 11 is 0. The van der Waals surface area contributed by atoms with Gasteiger partial charge >= 0.3 is 0 Å². The molecule has 1 amide bonds. The van der Waals surface area contributed by atoms with Gasteiger partial charge in [-0.1, -0.05) is 0 Å². The summed E-state index contributed by atoms with van der Waals surface area (Å²) < 4.78 is 5.47. The van der Waals surface area contributed by atoms with Crippen LogP contribution in [0.15, 0.2) is 18.2 Å². The minimum Gasteiger partial charge on any atom is -0.375 e. The fourth-order valence-corrected chi connectivity index (χ4v) is 2.61. The molecule has 7 nitrogen and oxygen atoms in total. The lowest BCUT2D eigenvalue weighted by atomic mass is 10.1. The number of nitrogens with zero attached hydrogens (tertiary/aromatic N) is 2. The number of rotatable bonds is 4. The molecule has 1 aliphatic carbocycles. The van der Waals surface area contributed by atoms with E-state index in [4.69, 9.17) is 4.74 Å². The third-order valence-corrected chi connectivity index (χ3v) is 3.93. The van der Waals surface area contributed by atoms with Gasteiger partial charge in [0.25, 0.3) is 11.6 Å². The van der Waals surface area contributed by atoms with E-state index in [9.17, 15) is 14.9 Å². The van der Waals surface area contributed by atoms with Crippen molar-refractivity contribution in [2.45, 2.75) is 31.9 Å². The predicted molar refractivity (Wildman–Crippen MR) is 81.2 cm³/mol. The molecule has 1 saturated heterocycles. The molecule has 1 saturated carbocycles. The Bertz CT molecular complexity index is 600. The number of ether oxygens (including phenoxy) is 1. The summed E-state index contributed by atoms with van der Waals surface area (Å²) in [6.07, 6.45) is 2.00. The Hall–Kier alpha value is -2.15. The summed E-state index contributed by atoms with van der Waals surface area (Å²) in [5, 5.41) is 14.2. The minimum absolute atomic E-state index is 0.0300. The van der Waals surface area contributed by atoms with E-state index in [0.29, 0.717) is 30.9 Å². The van der Waals surface area contributed by atoms with Crippen molar-refractivity contribution in [3.05, 3.63) is 33.9 Å². The predicted octanol–water partition coefficient (Wildman–Crippen LogP) is 1.71. The van der Waals surface area contributed by atoms with Crippen molar-refractivity contribution in [2.75, 3.05) is 24.6 Å². The van der Waals surface area contributed by atoms with Crippen molar-refractivity contribution < 1.29 is 14.5 Å². The third-order valence-electron chi connectivity index (χ3n) is 3.93. The number of carbonyl (C=O) groups excluding carboxylic acids is 1. The molecule has 22 heavy (non-hydrogen) atoms. The molecule has 0 spiro atoms. The van der Waals surface area contributed by atoms with Gasteiger partial charge in [-0.05, 0) is 31.9 Å². The van der Waals surface area contributed by atoms with E-state index in [1.165, 1.54) is 6.07 Å². The van der Waals surface area contributed by atoms with E-state index in [0.717, 1.165) is 12.8 Å². The summed E-state index contributed by atoms with van der Waals surface area (Å²) in [4.78, 5) is 24.9. The Labute approximate surface area is 128 Å². The average molecular weight is 305 g/mol. The zero-order valence-corrected chi connectivity index (χ0v) is 12.4. The summed E-state index contributed by atoms with van der Waals surface area (Å²) in [6.45, 7) is 3.70. The van der Waals surface area contributed by atoms with Crippen molar-refractivity contribution in [2.24, 2.45) is 0 Å². The Balaban J connectivity index is 1.86. The Morgan fingerprint density at radius 1 is 1.45 bits per heavy atom. The maximum atomic E-state index is 12.0.